The standard InChI is InChI=1S/C15H23ClFN3/c1-10-5-3-6-11(2)20(10)19-14(9-18)12-7-4-8-13(16)15(12)17/h4,7-8,10-11,14,19H,3,5-6,9,18H2,1-2H3. The van der Waals surface area contributed by atoms with Crippen molar-refractivity contribution in [1.82, 2.24) is 10.4 Å². The molecule has 0 bridgehead atoms. The van der Waals surface area contributed by atoms with E-state index in [1.807, 2.05) is 0 Å². The highest BCUT2D eigenvalue weighted by molar-refractivity contribution is 6.30. The van der Waals surface area contributed by atoms with E-state index in [1.165, 1.54) is 6.42 Å². The number of hydrogen-bond acceptors (Lipinski definition) is 3. The molecule has 0 radical (unpaired) electrons. The van der Waals surface area contributed by atoms with Crippen LogP contribution in [0.15, 0.2) is 18.2 Å². The van der Waals surface area contributed by atoms with Crippen LogP contribution in [-0.4, -0.2) is 23.6 Å². The second-order valence-corrected chi connectivity index (χ2v) is 6.00. The van der Waals surface area contributed by atoms with Gasteiger partial charge in [-0.3, -0.25) is 0 Å². The predicted molar refractivity (Wildman–Crippen MR) is 81.0 cm³/mol. The monoisotopic (exact) mass is 299 g/mol. The number of halogens is 2. The van der Waals surface area contributed by atoms with Crippen LogP contribution >= 0.6 is 11.6 Å². The van der Waals surface area contributed by atoms with E-state index in [1.54, 1.807) is 18.2 Å². The van der Waals surface area contributed by atoms with Gasteiger partial charge in [-0.25, -0.2) is 14.8 Å². The average molecular weight is 300 g/mol. The minimum atomic E-state index is -0.380. The minimum absolute atomic E-state index is 0.141. The molecule has 1 saturated heterocycles. The fourth-order valence-electron chi connectivity index (χ4n) is 2.89. The van der Waals surface area contributed by atoms with Gasteiger partial charge in [-0.2, -0.15) is 0 Å². The molecule has 1 aromatic carbocycles. The Morgan fingerprint density at radius 1 is 1.40 bits per heavy atom. The zero-order valence-corrected chi connectivity index (χ0v) is 12.8. The average Bonchev–Trinajstić information content (AvgIpc) is 2.42. The Hall–Kier alpha value is -0.680. The number of nitrogens with zero attached hydrogens (tertiary/aromatic N) is 1. The summed E-state index contributed by atoms with van der Waals surface area (Å²) >= 11 is 5.86. The number of benzene rings is 1. The number of hydrogen-bond donors (Lipinski definition) is 2. The summed E-state index contributed by atoms with van der Waals surface area (Å²) in [7, 11) is 0. The molecule has 0 aromatic heterocycles. The molecule has 2 rings (SSSR count). The maximum absolute atomic E-state index is 14.1. The fourth-order valence-corrected chi connectivity index (χ4v) is 3.08. The first kappa shape index (κ1) is 15.7. The van der Waals surface area contributed by atoms with E-state index in [9.17, 15) is 4.39 Å². The van der Waals surface area contributed by atoms with Gasteiger partial charge in [-0.05, 0) is 32.8 Å². The Labute approximate surface area is 125 Å². The van der Waals surface area contributed by atoms with Crippen LogP contribution in [0.5, 0.6) is 0 Å². The third-order valence-corrected chi connectivity index (χ3v) is 4.38. The maximum atomic E-state index is 14.1. The molecule has 0 amide bonds. The van der Waals surface area contributed by atoms with Crippen LogP contribution in [0.3, 0.4) is 0 Å². The molecule has 112 valence electrons. The Bertz CT molecular complexity index is 445. The normalized spacial score (nSPS) is 25.6. The molecule has 0 spiro atoms. The molecule has 0 aliphatic carbocycles. The molecular formula is C15H23ClFN3. The van der Waals surface area contributed by atoms with Gasteiger partial charge in [0.2, 0.25) is 0 Å². The van der Waals surface area contributed by atoms with Gasteiger partial charge in [-0.1, -0.05) is 30.2 Å². The van der Waals surface area contributed by atoms with Crippen molar-refractivity contribution in [3.05, 3.63) is 34.6 Å². The molecule has 5 heteroatoms. The second-order valence-electron chi connectivity index (χ2n) is 5.60. The lowest BCUT2D eigenvalue weighted by atomic mass is 9.99. The first-order chi connectivity index (χ1) is 9.54. The van der Waals surface area contributed by atoms with Crippen LogP contribution in [0.2, 0.25) is 5.02 Å². The fraction of sp³-hybridized carbons (Fsp3) is 0.600. The molecule has 20 heavy (non-hydrogen) atoms. The highest BCUT2D eigenvalue weighted by Gasteiger charge is 2.27. The van der Waals surface area contributed by atoms with Crippen LogP contribution in [-0.2, 0) is 0 Å². The van der Waals surface area contributed by atoms with Crippen molar-refractivity contribution < 1.29 is 4.39 Å². The highest BCUT2D eigenvalue weighted by Crippen LogP contribution is 2.26. The van der Waals surface area contributed by atoms with Crippen molar-refractivity contribution in [2.24, 2.45) is 5.73 Å². The van der Waals surface area contributed by atoms with E-state index in [0.29, 0.717) is 24.2 Å². The minimum Gasteiger partial charge on any atom is -0.329 e. The lowest BCUT2D eigenvalue weighted by Gasteiger charge is -2.41. The molecule has 3 N–H and O–H groups in total. The Kier molecular flexibility index (Phi) is 5.38. The molecule has 1 fully saturated rings. The van der Waals surface area contributed by atoms with Crippen molar-refractivity contribution in [2.75, 3.05) is 6.54 Å². The molecule has 0 saturated carbocycles. The number of rotatable bonds is 4. The summed E-state index contributed by atoms with van der Waals surface area (Å²) in [5.74, 6) is -0.380. The molecule has 1 aromatic rings. The smallest absolute Gasteiger partial charge is 0.146 e. The summed E-state index contributed by atoms with van der Waals surface area (Å²) in [6.45, 7) is 4.70. The van der Waals surface area contributed by atoms with Gasteiger partial charge in [0.25, 0.3) is 0 Å². The summed E-state index contributed by atoms with van der Waals surface area (Å²) in [6.07, 6.45) is 3.53. The zero-order valence-electron chi connectivity index (χ0n) is 12.1. The summed E-state index contributed by atoms with van der Waals surface area (Å²) in [6, 6.07) is 5.65. The van der Waals surface area contributed by atoms with Crippen molar-refractivity contribution in [3.8, 4) is 0 Å². The third kappa shape index (κ3) is 3.31. The van der Waals surface area contributed by atoms with Crippen LogP contribution in [0.1, 0.15) is 44.7 Å². The first-order valence-electron chi connectivity index (χ1n) is 7.23. The van der Waals surface area contributed by atoms with Crippen molar-refractivity contribution in [2.45, 2.75) is 51.2 Å². The molecular weight excluding hydrogens is 277 g/mol. The Morgan fingerprint density at radius 2 is 2.05 bits per heavy atom. The molecule has 3 atom stereocenters. The summed E-state index contributed by atoms with van der Waals surface area (Å²) in [5, 5.41) is 2.35. The summed E-state index contributed by atoms with van der Waals surface area (Å²) in [5.41, 5.74) is 9.76. The van der Waals surface area contributed by atoms with Gasteiger partial charge < -0.3 is 5.73 Å². The number of hydrazine groups is 1. The Balaban J connectivity index is 2.18. The number of nitrogens with one attached hydrogen (secondary N) is 1. The van der Waals surface area contributed by atoms with Gasteiger partial charge in [0, 0.05) is 24.2 Å². The van der Waals surface area contributed by atoms with Crippen molar-refractivity contribution >= 4 is 11.6 Å². The zero-order chi connectivity index (χ0) is 14.7. The van der Waals surface area contributed by atoms with Gasteiger partial charge in [0.15, 0.2) is 0 Å². The summed E-state index contributed by atoms with van der Waals surface area (Å²) in [4.78, 5) is 0. The van der Waals surface area contributed by atoms with Gasteiger partial charge in [0.05, 0.1) is 11.1 Å². The van der Waals surface area contributed by atoms with E-state index in [4.69, 9.17) is 17.3 Å². The molecule has 1 aliphatic heterocycles. The van der Waals surface area contributed by atoms with Crippen molar-refractivity contribution in [3.63, 3.8) is 0 Å². The molecule has 1 aliphatic rings. The van der Waals surface area contributed by atoms with E-state index >= 15 is 0 Å². The Morgan fingerprint density at radius 3 is 2.65 bits per heavy atom. The van der Waals surface area contributed by atoms with Gasteiger partial charge >= 0.3 is 0 Å². The van der Waals surface area contributed by atoms with Crippen LogP contribution in [0, 0.1) is 5.82 Å². The maximum Gasteiger partial charge on any atom is 0.146 e. The lowest BCUT2D eigenvalue weighted by molar-refractivity contribution is 0.0299. The van der Waals surface area contributed by atoms with Crippen LogP contribution < -0.4 is 11.2 Å². The summed E-state index contributed by atoms with van der Waals surface area (Å²) < 4.78 is 14.1. The van der Waals surface area contributed by atoms with Crippen LogP contribution in [0.4, 0.5) is 4.39 Å². The van der Waals surface area contributed by atoms with Gasteiger partial charge in [0.1, 0.15) is 5.82 Å². The second kappa shape index (κ2) is 6.85. The molecule has 1 heterocycles. The number of nitrogens with two attached hydrogens (primary N) is 1. The SMILES string of the molecule is CC1CCCC(C)N1NC(CN)c1cccc(Cl)c1F. The predicted octanol–water partition coefficient (Wildman–Crippen LogP) is 3.25. The quantitative estimate of drug-likeness (QED) is 0.897. The number of piperidine rings is 1. The molecule has 3 unspecified atom stereocenters. The van der Waals surface area contributed by atoms with E-state index < -0.39 is 0 Å². The third-order valence-electron chi connectivity index (χ3n) is 4.09. The van der Waals surface area contributed by atoms with Crippen molar-refractivity contribution in [1.29, 1.82) is 0 Å². The lowest BCUT2D eigenvalue weighted by Crippen LogP contribution is -2.54. The topological polar surface area (TPSA) is 41.3 Å². The van der Waals surface area contributed by atoms with Crippen LogP contribution in [0.25, 0.3) is 0 Å². The van der Waals surface area contributed by atoms with E-state index in [0.717, 1.165) is 12.8 Å². The van der Waals surface area contributed by atoms with E-state index in [2.05, 4.69) is 24.3 Å². The first-order valence-corrected chi connectivity index (χ1v) is 7.60. The largest absolute Gasteiger partial charge is 0.329 e. The molecule has 3 nitrogen and oxygen atoms in total. The van der Waals surface area contributed by atoms with Gasteiger partial charge in [-0.15, -0.1) is 0 Å². The van der Waals surface area contributed by atoms with E-state index in [-0.39, 0.29) is 16.9 Å². The highest BCUT2D eigenvalue weighted by atomic mass is 35.5.